The standard InChI is InChI=1S/C13H14O3S/c14-11-7-6-9(12(11)13(15)16)8-17-10-4-2-1-3-5-10/h1-5,9,12H,6-8H2,(H,15,16). The highest BCUT2D eigenvalue weighted by molar-refractivity contribution is 7.99. The molecule has 0 radical (unpaired) electrons. The van der Waals surface area contributed by atoms with Gasteiger partial charge >= 0.3 is 5.97 Å². The van der Waals surface area contributed by atoms with Crippen molar-refractivity contribution in [1.29, 1.82) is 0 Å². The summed E-state index contributed by atoms with van der Waals surface area (Å²) in [6.07, 6.45) is 1.12. The largest absolute Gasteiger partial charge is 0.481 e. The summed E-state index contributed by atoms with van der Waals surface area (Å²) in [6.45, 7) is 0. The summed E-state index contributed by atoms with van der Waals surface area (Å²) >= 11 is 1.63. The fourth-order valence-corrected chi connectivity index (χ4v) is 3.27. The molecule has 0 amide bonds. The summed E-state index contributed by atoms with van der Waals surface area (Å²) < 4.78 is 0. The highest BCUT2D eigenvalue weighted by Gasteiger charge is 2.39. The molecule has 2 atom stereocenters. The quantitative estimate of drug-likeness (QED) is 0.659. The first-order chi connectivity index (χ1) is 8.18. The van der Waals surface area contributed by atoms with Gasteiger partial charge in [0.2, 0.25) is 0 Å². The maximum absolute atomic E-state index is 11.4. The number of carboxylic acids is 1. The summed E-state index contributed by atoms with van der Waals surface area (Å²) in [5, 5.41) is 9.02. The Bertz CT molecular complexity index is 416. The third-order valence-electron chi connectivity index (χ3n) is 3.05. The van der Waals surface area contributed by atoms with Crippen LogP contribution in [0.5, 0.6) is 0 Å². The summed E-state index contributed by atoms with van der Waals surface area (Å²) in [6, 6.07) is 9.85. The molecule has 4 heteroatoms. The molecular formula is C13H14O3S. The van der Waals surface area contributed by atoms with Gasteiger partial charge in [-0.25, -0.2) is 0 Å². The van der Waals surface area contributed by atoms with Gasteiger partial charge in [0.25, 0.3) is 0 Å². The number of hydrogen-bond donors (Lipinski definition) is 1. The Balaban J connectivity index is 1.95. The molecule has 17 heavy (non-hydrogen) atoms. The molecule has 1 fully saturated rings. The van der Waals surface area contributed by atoms with Crippen LogP contribution in [0.2, 0.25) is 0 Å². The van der Waals surface area contributed by atoms with Gasteiger partial charge in [0.1, 0.15) is 11.7 Å². The molecular weight excluding hydrogens is 236 g/mol. The lowest BCUT2D eigenvalue weighted by atomic mass is 9.98. The molecule has 1 aliphatic carbocycles. The van der Waals surface area contributed by atoms with Crippen molar-refractivity contribution in [3.63, 3.8) is 0 Å². The van der Waals surface area contributed by atoms with Gasteiger partial charge in [0, 0.05) is 17.1 Å². The van der Waals surface area contributed by atoms with Crippen molar-refractivity contribution < 1.29 is 14.7 Å². The van der Waals surface area contributed by atoms with Crippen molar-refractivity contribution in [2.24, 2.45) is 11.8 Å². The minimum atomic E-state index is -0.967. The molecule has 1 saturated carbocycles. The van der Waals surface area contributed by atoms with Gasteiger partial charge in [-0.3, -0.25) is 9.59 Å². The lowest BCUT2D eigenvalue weighted by Gasteiger charge is -2.13. The van der Waals surface area contributed by atoms with Crippen LogP contribution in [-0.2, 0) is 9.59 Å². The van der Waals surface area contributed by atoms with E-state index in [2.05, 4.69) is 0 Å². The van der Waals surface area contributed by atoms with Crippen LogP contribution in [0, 0.1) is 11.8 Å². The Hall–Kier alpha value is -1.29. The van der Waals surface area contributed by atoms with Gasteiger partial charge < -0.3 is 5.11 Å². The topological polar surface area (TPSA) is 54.4 Å². The number of rotatable bonds is 4. The van der Waals surface area contributed by atoms with E-state index in [9.17, 15) is 9.59 Å². The second-order valence-corrected chi connectivity index (χ2v) is 5.30. The normalized spacial score (nSPS) is 23.9. The number of benzene rings is 1. The van der Waals surface area contributed by atoms with Crippen molar-refractivity contribution in [2.75, 3.05) is 5.75 Å². The van der Waals surface area contributed by atoms with Crippen LogP contribution in [0.3, 0.4) is 0 Å². The summed E-state index contributed by atoms with van der Waals surface area (Å²) in [5.41, 5.74) is 0. The van der Waals surface area contributed by atoms with E-state index in [1.54, 1.807) is 11.8 Å². The molecule has 2 unspecified atom stereocenters. The molecule has 0 aliphatic heterocycles. The Morgan fingerprint density at radius 3 is 2.71 bits per heavy atom. The number of carbonyl (C=O) groups is 2. The van der Waals surface area contributed by atoms with E-state index in [4.69, 9.17) is 5.11 Å². The van der Waals surface area contributed by atoms with Crippen molar-refractivity contribution >= 4 is 23.5 Å². The highest BCUT2D eigenvalue weighted by atomic mass is 32.2. The van der Waals surface area contributed by atoms with Gasteiger partial charge in [-0.15, -0.1) is 11.8 Å². The monoisotopic (exact) mass is 250 g/mol. The van der Waals surface area contributed by atoms with E-state index in [0.29, 0.717) is 18.6 Å². The number of ketones is 1. The maximum atomic E-state index is 11.4. The van der Waals surface area contributed by atoms with Gasteiger partial charge in [-0.1, -0.05) is 18.2 Å². The predicted octanol–water partition coefficient (Wildman–Crippen LogP) is 2.46. The zero-order valence-electron chi connectivity index (χ0n) is 9.33. The Morgan fingerprint density at radius 2 is 2.06 bits per heavy atom. The van der Waals surface area contributed by atoms with E-state index in [-0.39, 0.29) is 11.7 Å². The molecule has 1 aromatic carbocycles. The Morgan fingerprint density at radius 1 is 1.35 bits per heavy atom. The van der Waals surface area contributed by atoms with Crippen LogP contribution in [0.15, 0.2) is 35.2 Å². The van der Waals surface area contributed by atoms with E-state index < -0.39 is 11.9 Å². The van der Waals surface area contributed by atoms with Crippen LogP contribution in [0.25, 0.3) is 0 Å². The average Bonchev–Trinajstić information content (AvgIpc) is 2.69. The molecule has 0 saturated heterocycles. The molecule has 0 aromatic heterocycles. The molecule has 0 spiro atoms. The van der Waals surface area contributed by atoms with Gasteiger partial charge in [0.05, 0.1) is 0 Å². The summed E-state index contributed by atoms with van der Waals surface area (Å²) in [4.78, 5) is 23.6. The number of hydrogen-bond acceptors (Lipinski definition) is 3. The fraction of sp³-hybridized carbons (Fsp3) is 0.385. The maximum Gasteiger partial charge on any atom is 0.314 e. The summed E-state index contributed by atoms with van der Waals surface area (Å²) in [7, 11) is 0. The first-order valence-corrected chi connectivity index (χ1v) is 6.60. The van der Waals surface area contributed by atoms with Crippen LogP contribution in [0.1, 0.15) is 12.8 Å². The van der Waals surface area contributed by atoms with Gasteiger partial charge in [0.15, 0.2) is 0 Å². The van der Waals surface area contributed by atoms with E-state index in [1.165, 1.54) is 0 Å². The smallest absolute Gasteiger partial charge is 0.314 e. The number of Topliss-reactive ketones (excluding diaryl/α,β-unsaturated/α-hetero) is 1. The minimum absolute atomic E-state index is 0.0230. The van der Waals surface area contributed by atoms with Crippen molar-refractivity contribution in [1.82, 2.24) is 0 Å². The van der Waals surface area contributed by atoms with Crippen molar-refractivity contribution in [3.05, 3.63) is 30.3 Å². The van der Waals surface area contributed by atoms with Crippen LogP contribution < -0.4 is 0 Å². The van der Waals surface area contributed by atoms with E-state index >= 15 is 0 Å². The second-order valence-electron chi connectivity index (χ2n) is 4.21. The molecule has 2 rings (SSSR count). The number of carboxylic acid groups (broad SMARTS) is 1. The lowest BCUT2D eigenvalue weighted by molar-refractivity contribution is -0.146. The van der Waals surface area contributed by atoms with E-state index in [1.807, 2.05) is 30.3 Å². The second kappa shape index (κ2) is 5.36. The Kier molecular flexibility index (Phi) is 3.84. The average molecular weight is 250 g/mol. The SMILES string of the molecule is O=C(O)C1C(=O)CCC1CSc1ccccc1. The first kappa shape index (κ1) is 12.2. The van der Waals surface area contributed by atoms with Gasteiger partial charge in [-0.05, 0) is 24.5 Å². The molecule has 0 bridgehead atoms. The number of carbonyl (C=O) groups excluding carboxylic acids is 1. The predicted molar refractivity (Wildman–Crippen MR) is 66.0 cm³/mol. The lowest BCUT2D eigenvalue weighted by Crippen LogP contribution is -2.25. The van der Waals surface area contributed by atoms with Crippen LogP contribution in [0.4, 0.5) is 0 Å². The highest BCUT2D eigenvalue weighted by Crippen LogP contribution is 2.33. The molecule has 1 N–H and O–H groups in total. The van der Waals surface area contributed by atoms with Crippen LogP contribution in [-0.4, -0.2) is 22.6 Å². The number of aliphatic carboxylic acids is 1. The Labute approximate surface area is 104 Å². The molecule has 3 nitrogen and oxygen atoms in total. The number of thioether (sulfide) groups is 1. The first-order valence-electron chi connectivity index (χ1n) is 5.62. The third kappa shape index (κ3) is 2.88. The van der Waals surface area contributed by atoms with Crippen molar-refractivity contribution in [2.45, 2.75) is 17.7 Å². The van der Waals surface area contributed by atoms with E-state index in [0.717, 1.165) is 4.90 Å². The molecule has 1 aliphatic rings. The minimum Gasteiger partial charge on any atom is -0.481 e. The molecule has 90 valence electrons. The molecule has 0 heterocycles. The van der Waals surface area contributed by atoms with Crippen LogP contribution >= 0.6 is 11.8 Å². The molecule has 1 aromatic rings. The zero-order chi connectivity index (χ0) is 12.3. The third-order valence-corrected chi connectivity index (χ3v) is 4.25. The zero-order valence-corrected chi connectivity index (χ0v) is 10.2. The van der Waals surface area contributed by atoms with Crippen molar-refractivity contribution in [3.8, 4) is 0 Å². The summed E-state index contributed by atoms with van der Waals surface area (Å²) in [5.74, 6) is -1.19. The van der Waals surface area contributed by atoms with Gasteiger partial charge in [-0.2, -0.15) is 0 Å². The fourth-order valence-electron chi connectivity index (χ4n) is 2.15.